The Balaban J connectivity index is 1.62. The van der Waals surface area contributed by atoms with E-state index >= 15 is 0 Å². The van der Waals surface area contributed by atoms with Gasteiger partial charge in [-0.25, -0.2) is 9.18 Å². The van der Waals surface area contributed by atoms with E-state index in [9.17, 15) is 14.0 Å². The lowest BCUT2D eigenvalue weighted by Crippen LogP contribution is -2.49. The summed E-state index contributed by atoms with van der Waals surface area (Å²) in [4.78, 5) is 27.6. The quantitative estimate of drug-likeness (QED) is 0.748. The fourth-order valence-corrected chi connectivity index (χ4v) is 3.44. The number of rotatable bonds is 6. The van der Waals surface area contributed by atoms with E-state index in [1.165, 1.54) is 17.8 Å². The summed E-state index contributed by atoms with van der Waals surface area (Å²) in [5.74, 6) is 0.853. The Labute approximate surface area is 164 Å². The number of amides is 2. The van der Waals surface area contributed by atoms with Gasteiger partial charge < -0.3 is 19.9 Å². The first-order valence-electron chi connectivity index (χ1n) is 9.08. The molecular formula is C19H28FN3O3S. The number of benzene rings is 1. The molecule has 1 heterocycles. The second-order valence-electron chi connectivity index (χ2n) is 7.30. The van der Waals surface area contributed by atoms with Crippen LogP contribution in [0.5, 0.6) is 0 Å². The van der Waals surface area contributed by atoms with Gasteiger partial charge in [-0.15, -0.1) is 0 Å². The van der Waals surface area contributed by atoms with E-state index in [1.807, 2.05) is 36.6 Å². The molecule has 150 valence electrons. The lowest BCUT2D eigenvalue weighted by atomic mass is 10.2. The summed E-state index contributed by atoms with van der Waals surface area (Å²) >= 11 is 1.48. The monoisotopic (exact) mass is 397 g/mol. The van der Waals surface area contributed by atoms with Gasteiger partial charge in [0.25, 0.3) is 0 Å². The Hall–Kier alpha value is -1.96. The zero-order valence-electron chi connectivity index (χ0n) is 16.2. The van der Waals surface area contributed by atoms with Crippen LogP contribution in [0, 0.1) is 5.82 Å². The number of nitrogens with one attached hydrogen (secondary N) is 1. The van der Waals surface area contributed by atoms with Crippen LogP contribution in [-0.4, -0.2) is 66.7 Å². The minimum absolute atomic E-state index is 0.0745. The molecule has 0 atom stereocenters. The number of hydrogen-bond donors (Lipinski definition) is 1. The predicted molar refractivity (Wildman–Crippen MR) is 107 cm³/mol. The third-order valence-corrected chi connectivity index (χ3v) is 4.91. The van der Waals surface area contributed by atoms with Crippen LogP contribution in [-0.2, 0) is 9.53 Å². The van der Waals surface area contributed by atoms with Crippen molar-refractivity contribution >= 4 is 29.4 Å². The number of anilines is 1. The van der Waals surface area contributed by atoms with Crippen LogP contribution >= 0.6 is 11.8 Å². The van der Waals surface area contributed by atoms with Crippen LogP contribution in [0.3, 0.4) is 0 Å². The molecule has 2 amide bonds. The molecule has 0 unspecified atom stereocenters. The van der Waals surface area contributed by atoms with Crippen LogP contribution in [0.15, 0.2) is 24.3 Å². The fraction of sp³-hybridized carbons (Fsp3) is 0.579. The van der Waals surface area contributed by atoms with Gasteiger partial charge in [0.2, 0.25) is 5.91 Å². The SMILES string of the molecule is CC(C)(C)OC(=O)NCCSCC(=O)N1CCN(c2ccccc2F)CC1. The van der Waals surface area contributed by atoms with Crippen molar-refractivity contribution in [2.75, 3.05) is 49.1 Å². The maximum Gasteiger partial charge on any atom is 0.407 e. The Morgan fingerprint density at radius 2 is 1.85 bits per heavy atom. The maximum atomic E-state index is 13.9. The van der Waals surface area contributed by atoms with Crippen LogP contribution in [0.4, 0.5) is 14.9 Å². The Bertz CT molecular complexity index is 643. The number of piperazine rings is 1. The Morgan fingerprint density at radius 1 is 1.19 bits per heavy atom. The zero-order valence-corrected chi connectivity index (χ0v) is 17.0. The van der Waals surface area contributed by atoms with E-state index in [0.29, 0.717) is 49.9 Å². The first kappa shape index (κ1) is 21.3. The van der Waals surface area contributed by atoms with Crippen molar-refractivity contribution in [2.45, 2.75) is 26.4 Å². The van der Waals surface area contributed by atoms with Crippen LogP contribution < -0.4 is 10.2 Å². The predicted octanol–water partition coefficient (Wildman–Crippen LogP) is 2.73. The number of carbonyl (C=O) groups is 2. The number of thioether (sulfide) groups is 1. The molecule has 1 saturated heterocycles. The molecule has 8 heteroatoms. The van der Waals surface area contributed by atoms with Gasteiger partial charge >= 0.3 is 6.09 Å². The third kappa shape index (κ3) is 7.28. The largest absolute Gasteiger partial charge is 0.444 e. The second kappa shape index (κ2) is 9.82. The number of alkyl carbamates (subject to hydrolysis) is 1. The average Bonchev–Trinajstić information content (AvgIpc) is 2.60. The highest BCUT2D eigenvalue weighted by Crippen LogP contribution is 2.20. The molecule has 0 aliphatic carbocycles. The molecule has 1 aliphatic heterocycles. The molecule has 6 nitrogen and oxygen atoms in total. The van der Waals surface area contributed by atoms with Gasteiger partial charge in [0.1, 0.15) is 11.4 Å². The van der Waals surface area contributed by atoms with E-state index in [-0.39, 0.29) is 11.7 Å². The molecule has 1 aliphatic rings. The Morgan fingerprint density at radius 3 is 2.48 bits per heavy atom. The molecule has 2 rings (SSSR count). The average molecular weight is 398 g/mol. The number of hydrogen-bond acceptors (Lipinski definition) is 5. The minimum atomic E-state index is -0.516. The molecule has 0 saturated carbocycles. The van der Waals surface area contributed by atoms with E-state index < -0.39 is 11.7 Å². The molecule has 0 aromatic heterocycles. The molecule has 1 fully saturated rings. The number of nitrogens with zero attached hydrogens (tertiary/aromatic N) is 2. The normalized spacial score (nSPS) is 14.8. The second-order valence-corrected chi connectivity index (χ2v) is 8.41. The standard InChI is InChI=1S/C19H28FN3O3S/c1-19(2,3)26-18(25)21-8-13-27-14-17(24)23-11-9-22(10-12-23)16-7-5-4-6-15(16)20/h4-7H,8-14H2,1-3H3,(H,21,25). The molecule has 1 aromatic rings. The summed E-state index contributed by atoms with van der Waals surface area (Å²) < 4.78 is 19.0. The van der Waals surface area contributed by atoms with E-state index in [0.717, 1.165) is 0 Å². The summed E-state index contributed by atoms with van der Waals surface area (Å²) in [7, 11) is 0. The summed E-state index contributed by atoms with van der Waals surface area (Å²) in [6.07, 6.45) is -0.446. The molecule has 27 heavy (non-hydrogen) atoms. The Kier molecular flexibility index (Phi) is 7.77. The minimum Gasteiger partial charge on any atom is -0.444 e. The third-order valence-electron chi connectivity index (χ3n) is 3.97. The van der Waals surface area contributed by atoms with Gasteiger partial charge in [-0.1, -0.05) is 12.1 Å². The van der Waals surface area contributed by atoms with Crippen LogP contribution in [0.2, 0.25) is 0 Å². The molecule has 0 bridgehead atoms. The van der Waals surface area contributed by atoms with Crippen molar-refractivity contribution in [3.05, 3.63) is 30.1 Å². The van der Waals surface area contributed by atoms with E-state index in [4.69, 9.17) is 4.74 Å². The van der Waals surface area contributed by atoms with Crippen molar-refractivity contribution in [3.63, 3.8) is 0 Å². The highest BCUT2D eigenvalue weighted by molar-refractivity contribution is 7.99. The number of ether oxygens (including phenoxy) is 1. The van der Waals surface area contributed by atoms with Crippen molar-refractivity contribution in [1.82, 2.24) is 10.2 Å². The highest BCUT2D eigenvalue weighted by Gasteiger charge is 2.22. The van der Waals surface area contributed by atoms with Crippen molar-refractivity contribution in [1.29, 1.82) is 0 Å². The fourth-order valence-electron chi connectivity index (χ4n) is 2.70. The van der Waals surface area contributed by atoms with E-state index in [2.05, 4.69) is 5.32 Å². The number of halogens is 1. The lowest BCUT2D eigenvalue weighted by molar-refractivity contribution is -0.128. The zero-order chi connectivity index (χ0) is 19.9. The number of para-hydroxylation sites is 1. The van der Waals surface area contributed by atoms with E-state index in [1.54, 1.807) is 12.1 Å². The van der Waals surface area contributed by atoms with Gasteiger partial charge in [0.05, 0.1) is 11.4 Å². The topological polar surface area (TPSA) is 61.9 Å². The lowest BCUT2D eigenvalue weighted by Gasteiger charge is -2.36. The molecule has 0 radical (unpaired) electrons. The maximum absolute atomic E-state index is 13.9. The van der Waals surface area contributed by atoms with Gasteiger partial charge in [0, 0.05) is 38.5 Å². The van der Waals surface area contributed by atoms with Crippen LogP contribution in [0.25, 0.3) is 0 Å². The van der Waals surface area contributed by atoms with Crippen LogP contribution in [0.1, 0.15) is 20.8 Å². The van der Waals surface area contributed by atoms with Crippen molar-refractivity contribution in [3.8, 4) is 0 Å². The highest BCUT2D eigenvalue weighted by atomic mass is 32.2. The molecular weight excluding hydrogens is 369 g/mol. The molecule has 1 aromatic carbocycles. The molecule has 1 N–H and O–H groups in total. The van der Waals surface area contributed by atoms with Gasteiger partial charge in [-0.3, -0.25) is 4.79 Å². The van der Waals surface area contributed by atoms with Gasteiger partial charge in [-0.05, 0) is 32.9 Å². The van der Waals surface area contributed by atoms with Gasteiger partial charge in [0.15, 0.2) is 0 Å². The first-order chi connectivity index (χ1) is 12.8. The van der Waals surface area contributed by atoms with Crippen molar-refractivity contribution in [2.24, 2.45) is 0 Å². The molecule has 0 spiro atoms. The summed E-state index contributed by atoms with van der Waals surface area (Å²) in [5, 5.41) is 2.67. The summed E-state index contributed by atoms with van der Waals surface area (Å²) in [5.41, 5.74) is 0.0741. The van der Waals surface area contributed by atoms with Gasteiger partial charge in [-0.2, -0.15) is 11.8 Å². The van der Waals surface area contributed by atoms with Crippen molar-refractivity contribution < 1.29 is 18.7 Å². The smallest absolute Gasteiger partial charge is 0.407 e. The summed E-state index contributed by atoms with van der Waals surface area (Å²) in [6.45, 7) is 8.31. The summed E-state index contributed by atoms with van der Waals surface area (Å²) in [6, 6.07) is 6.71. The number of carbonyl (C=O) groups excluding carboxylic acids is 2. The first-order valence-corrected chi connectivity index (χ1v) is 10.2.